The van der Waals surface area contributed by atoms with Gasteiger partial charge < -0.3 is 16.6 Å². The second-order valence-electron chi connectivity index (χ2n) is 4.54. The number of nitrogens with zero attached hydrogens (tertiary/aromatic N) is 2. The Kier molecular flexibility index (Phi) is 5.55. The number of hydrogen-bond donors (Lipinski definition) is 3. The van der Waals surface area contributed by atoms with Crippen LogP contribution in [0.15, 0.2) is 4.99 Å². The molecule has 0 saturated carbocycles. The molecule has 0 radical (unpaired) electrons. The van der Waals surface area contributed by atoms with Crippen molar-refractivity contribution in [2.45, 2.75) is 31.9 Å². The van der Waals surface area contributed by atoms with Crippen LogP contribution in [0.25, 0.3) is 0 Å². The normalized spacial score (nSPS) is 22.2. The average Bonchev–Trinajstić information content (AvgIpc) is 2.30. The Balaban J connectivity index is 0.00000196. The van der Waals surface area contributed by atoms with E-state index in [1.165, 1.54) is 0 Å². The van der Waals surface area contributed by atoms with Crippen LogP contribution in [0.5, 0.6) is 0 Å². The number of aliphatic hydroxyl groups is 1. The first-order valence-corrected chi connectivity index (χ1v) is 4.90. The van der Waals surface area contributed by atoms with Gasteiger partial charge >= 0.3 is 0 Å². The standard InChI is InChI=1S/C9H20N4O.BrH/c1-9(2,14)6-13-4-3-7(5-13)12-8(10)11;/h7,14H,3-6H2,1-2H3,(H4,10,11,12);1H/t7-;/m0./s1. The monoisotopic (exact) mass is 280 g/mol. The zero-order chi connectivity index (χ0) is 10.8. The zero-order valence-corrected chi connectivity index (χ0v) is 11.0. The average molecular weight is 281 g/mol. The first kappa shape index (κ1) is 14.7. The molecular weight excluding hydrogens is 260 g/mol. The van der Waals surface area contributed by atoms with Crippen LogP contribution in [0.3, 0.4) is 0 Å². The Labute approximate surface area is 101 Å². The van der Waals surface area contributed by atoms with Crippen molar-refractivity contribution in [3.63, 3.8) is 0 Å². The summed E-state index contributed by atoms with van der Waals surface area (Å²) in [6.07, 6.45) is 0.966. The van der Waals surface area contributed by atoms with Crippen molar-refractivity contribution in [3.05, 3.63) is 0 Å². The van der Waals surface area contributed by atoms with Crippen LogP contribution in [0.1, 0.15) is 20.3 Å². The molecule has 0 spiro atoms. The summed E-state index contributed by atoms with van der Waals surface area (Å²) in [6, 6.07) is 0.197. The Morgan fingerprint density at radius 3 is 2.60 bits per heavy atom. The fourth-order valence-corrected chi connectivity index (χ4v) is 1.82. The van der Waals surface area contributed by atoms with Crippen molar-refractivity contribution < 1.29 is 5.11 Å². The largest absolute Gasteiger partial charge is 0.389 e. The molecule has 1 aliphatic rings. The predicted molar refractivity (Wildman–Crippen MR) is 67.3 cm³/mol. The van der Waals surface area contributed by atoms with E-state index in [0.717, 1.165) is 19.5 Å². The number of halogens is 1. The summed E-state index contributed by atoms with van der Waals surface area (Å²) in [7, 11) is 0. The molecule has 0 aliphatic carbocycles. The molecule has 1 rings (SSSR count). The minimum Gasteiger partial charge on any atom is -0.389 e. The van der Waals surface area contributed by atoms with E-state index in [1.54, 1.807) is 13.8 Å². The molecule has 1 fully saturated rings. The first-order valence-electron chi connectivity index (χ1n) is 4.90. The van der Waals surface area contributed by atoms with Gasteiger partial charge in [-0.1, -0.05) is 0 Å². The summed E-state index contributed by atoms with van der Waals surface area (Å²) in [5.74, 6) is 0.153. The summed E-state index contributed by atoms with van der Waals surface area (Å²) >= 11 is 0. The van der Waals surface area contributed by atoms with Crippen LogP contribution in [0, 0.1) is 0 Å². The maximum Gasteiger partial charge on any atom is 0.186 e. The van der Waals surface area contributed by atoms with E-state index in [4.69, 9.17) is 11.5 Å². The van der Waals surface area contributed by atoms with Gasteiger partial charge in [0.1, 0.15) is 0 Å². The van der Waals surface area contributed by atoms with Crippen LogP contribution in [-0.2, 0) is 0 Å². The van der Waals surface area contributed by atoms with Gasteiger partial charge in [0.25, 0.3) is 0 Å². The van der Waals surface area contributed by atoms with Crippen molar-refractivity contribution in [1.29, 1.82) is 0 Å². The Hall–Kier alpha value is -0.330. The van der Waals surface area contributed by atoms with Gasteiger partial charge in [0.2, 0.25) is 0 Å². The number of nitrogens with two attached hydrogens (primary N) is 2. The van der Waals surface area contributed by atoms with E-state index in [1.807, 2.05) is 0 Å². The Morgan fingerprint density at radius 2 is 2.13 bits per heavy atom. The minimum absolute atomic E-state index is 0. The highest BCUT2D eigenvalue weighted by molar-refractivity contribution is 8.93. The van der Waals surface area contributed by atoms with Gasteiger partial charge in [-0.25, -0.2) is 4.99 Å². The summed E-state index contributed by atoms with van der Waals surface area (Å²) in [4.78, 5) is 6.28. The minimum atomic E-state index is -0.646. The van der Waals surface area contributed by atoms with Gasteiger partial charge in [-0.15, -0.1) is 17.0 Å². The molecule has 1 saturated heterocycles. The molecule has 0 amide bonds. The van der Waals surface area contributed by atoms with Gasteiger partial charge in [0.05, 0.1) is 11.6 Å². The summed E-state index contributed by atoms with van der Waals surface area (Å²) < 4.78 is 0. The van der Waals surface area contributed by atoms with Crippen LogP contribution in [0.4, 0.5) is 0 Å². The predicted octanol–water partition coefficient (Wildman–Crippen LogP) is -0.317. The molecule has 1 heterocycles. The molecule has 0 aromatic rings. The second-order valence-corrected chi connectivity index (χ2v) is 4.54. The zero-order valence-electron chi connectivity index (χ0n) is 9.31. The van der Waals surface area contributed by atoms with Gasteiger partial charge in [0, 0.05) is 19.6 Å². The van der Waals surface area contributed by atoms with Crippen molar-refractivity contribution in [3.8, 4) is 0 Å². The molecule has 0 aromatic heterocycles. The third-order valence-electron chi connectivity index (χ3n) is 2.19. The van der Waals surface area contributed by atoms with Gasteiger partial charge in [-0.3, -0.25) is 4.90 Å². The highest BCUT2D eigenvalue weighted by Gasteiger charge is 2.26. The van der Waals surface area contributed by atoms with E-state index in [0.29, 0.717) is 6.54 Å². The van der Waals surface area contributed by atoms with Gasteiger partial charge in [-0.2, -0.15) is 0 Å². The van der Waals surface area contributed by atoms with E-state index in [-0.39, 0.29) is 29.0 Å². The topological polar surface area (TPSA) is 87.9 Å². The number of guanidine groups is 1. The third kappa shape index (κ3) is 5.96. The van der Waals surface area contributed by atoms with Gasteiger partial charge in [0.15, 0.2) is 5.96 Å². The summed E-state index contributed by atoms with van der Waals surface area (Å²) in [5, 5.41) is 9.62. The van der Waals surface area contributed by atoms with E-state index < -0.39 is 5.60 Å². The van der Waals surface area contributed by atoms with Crippen molar-refractivity contribution in [1.82, 2.24) is 4.90 Å². The van der Waals surface area contributed by atoms with E-state index in [2.05, 4.69) is 9.89 Å². The molecule has 1 aliphatic heterocycles. The second kappa shape index (κ2) is 5.67. The third-order valence-corrected chi connectivity index (χ3v) is 2.19. The first-order chi connectivity index (χ1) is 6.37. The number of aliphatic imine (C=N–C) groups is 1. The highest BCUT2D eigenvalue weighted by Crippen LogP contribution is 2.15. The maximum absolute atomic E-state index is 9.62. The molecule has 15 heavy (non-hydrogen) atoms. The molecule has 0 unspecified atom stereocenters. The number of rotatable bonds is 3. The number of likely N-dealkylation sites (tertiary alicyclic amines) is 1. The molecule has 90 valence electrons. The number of β-amino-alcohol motifs (C(OH)–C–C–N with tert-alkyl or cyclic N) is 1. The molecule has 0 aromatic carbocycles. The maximum atomic E-state index is 9.62. The lowest BCUT2D eigenvalue weighted by Crippen LogP contribution is -2.37. The molecule has 5 nitrogen and oxygen atoms in total. The summed E-state index contributed by atoms with van der Waals surface area (Å²) in [5.41, 5.74) is 9.96. The molecule has 1 atom stereocenters. The van der Waals surface area contributed by atoms with Crippen LogP contribution in [0.2, 0.25) is 0 Å². The SMILES string of the molecule is Br.CC(C)(O)CN1CC[C@H](N=C(N)N)C1. The molecule has 5 N–H and O–H groups in total. The number of hydrogen-bond acceptors (Lipinski definition) is 3. The Morgan fingerprint density at radius 1 is 1.53 bits per heavy atom. The lowest BCUT2D eigenvalue weighted by atomic mass is 10.1. The van der Waals surface area contributed by atoms with Crippen LogP contribution < -0.4 is 11.5 Å². The molecule has 6 heteroatoms. The van der Waals surface area contributed by atoms with Gasteiger partial charge in [-0.05, 0) is 20.3 Å². The quantitative estimate of drug-likeness (QED) is 0.489. The van der Waals surface area contributed by atoms with E-state index >= 15 is 0 Å². The smallest absolute Gasteiger partial charge is 0.186 e. The summed E-state index contributed by atoms with van der Waals surface area (Å²) in [6.45, 7) is 6.07. The lowest BCUT2D eigenvalue weighted by Gasteiger charge is -2.24. The molecular formula is C9H21BrN4O. The van der Waals surface area contributed by atoms with E-state index in [9.17, 15) is 5.11 Å². The van der Waals surface area contributed by atoms with Crippen molar-refractivity contribution in [2.75, 3.05) is 19.6 Å². The highest BCUT2D eigenvalue weighted by atomic mass is 79.9. The van der Waals surface area contributed by atoms with Crippen LogP contribution >= 0.6 is 17.0 Å². The van der Waals surface area contributed by atoms with Crippen molar-refractivity contribution in [2.24, 2.45) is 16.5 Å². The fraction of sp³-hybridized carbons (Fsp3) is 0.889. The Bertz CT molecular complexity index is 223. The lowest BCUT2D eigenvalue weighted by molar-refractivity contribution is 0.0436. The fourth-order valence-electron chi connectivity index (χ4n) is 1.82. The molecule has 0 bridgehead atoms. The van der Waals surface area contributed by atoms with Crippen molar-refractivity contribution >= 4 is 22.9 Å². The van der Waals surface area contributed by atoms with Crippen LogP contribution in [-0.4, -0.2) is 47.2 Å².